The Bertz CT molecular complexity index is 1140. The number of anilines is 1. The summed E-state index contributed by atoms with van der Waals surface area (Å²) < 4.78 is 28.0. The molecule has 2 aromatic carbocycles. The molecule has 4 aromatic rings. The van der Waals surface area contributed by atoms with E-state index in [1.807, 2.05) is 48.5 Å². The molecule has 0 atom stereocenters. The van der Waals surface area contributed by atoms with Crippen LogP contribution in [-0.2, 0) is 10.0 Å². The van der Waals surface area contributed by atoms with Crippen molar-refractivity contribution in [1.82, 2.24) is 4.98 Å². The van der Waals surface area contributed by atoms with Gasteiger partial charge in [-0.2, -0.15) is 0 Å². The second-order valence-corrected chi connectivity index (χ2v) is 8.33. The number of hydrogen-bond acceptors (Lipinski definition) is 4. The topological polar surface area (TPSA) is 59.1 Å². The SMILES string of the molecule is O=S(=O)(Nc1ccccc1-c1ccc2ccccc2n1)c1cccs1. The summed E-state index contributed by atoms with van der Waals surface area (Å²) in [5.41, 5.74) is 2.85. The van der Waals surface area contributed by atoms with Crippen molar-refractivity contribution in [3.8, 4) is 11.3 Å². The fourth-order valence-electron chi connectivity index (χ4n) is 2.62. The van der Waals surface area contributed by atoms with Gasteiger partial charge in [-0.05, 0) is 29.6 Å². The van der Waals surface area contributed by atoms with Crippen LogP contribution < -0.4 is 4.72 Å². The fraction of sp³-hybridized carbons (Fsp3) is 0. The number of thiophene rings is 1. The van der Waals surface area contributed by atoms with Crippen molar-refractivity contribution in [2.45, 2.75) is 4.21 Å². The lowest BCUT2D eigenvalue weighted by Gasteiger charge is -2.12. The molecule has 0 spiro atoms. The molecular weight excluding hydrogens is 352 g/mol. The van der Waals surface area contributed by atoms with Crippen LogP contribution in [0.5, 0.6) is 0 Å². The second-order valence-electron chi connectivity index (χ2n) is 5.47. The van der Waals surface area contributed by atoms with Crippen molar-refractivity contribution in [2.75, 3.05) is 4.72 Å². The zero-order chi connectivity index (χ0) is 17.3. The lowest BCUT2D eigenvalue weighted by Crippen LogP contribution is -2.12. The quantitative estimate of drug-likeness (QED) is 0.566. The predicted octanol–water partition coefficient (Wildman–Crippen LogP) is 4.76. The van der Waals surface area contributed by atoms with Crippen molar-refractivity contribution < 1.29 is 8.42 Å². The molecule has 0 amide bonds. The zero-order valence-corrected chi connectivity index (χ0v) is 14.7. The van der Waals surface area contributed by atoms with E-state index in [9.17, 15) is 8.42 Å². The third-order valence-corrected chi connectivity index (χ3v) is 6.57. The van der Waals surface area contributed by atoms with E-state index in [4.69, 9.17) is 0 Å². The van der Waals surface area contributed by atoms with Crippen LogP contribution in [0.3, 0.4) is 0 Å². The Morgan fingerprint density at radius 1 is 0.840 bits per heavy atom. The van der Waals surface area contributed by atoms with Crippen LogP contribution in [0.15, 0.2) is 82.4 Å². The number of nitrogens with zero attached hydrogens (tertiary/aromatic N) is 1. The number of sulfonamides is 1. The fourth-order valence-corrected chi connectivity index (χ4v) is 4.70. The monoisotopic (exact) mass is 366 g/mol. The van der Waals surface area contributed by atoms with Gasteiger partial charge in [-0.3, -0.25) is 4.72 Å². The Labute approximate surface area is 149 Å². The van der Waals surface area contributed by atoms with E-state index in [0.29, 0.717) is 5.69 Å². The lowest BCUT2D eigenvalue weighted by molar-refractivity contribution is 0.603. The first-order valence-electron chi connectivity index (χ1n) is 7.65. The molecule has 0 aliphatic rings. The van der Waals surface area contributed by atoms with Gasteiger partial charge in [-0.25, -0.2) is 13.4 Å². The van der Waals surface area contributed by atoms with E-state index in [1.54, 1.807) is 29.6 Å². The number of rotatable bonds is 4. The lowest BCUT2D eigenvalue weighted by atomic mass is 10.1. The highest BCUT2D eigenvalue weighted by atomic mass is 32.2. The first-order chi connectivity index (χ1) is 12.1. The molecule has 4 rings (SSSR count). The molecule has 0 radical (unpaired) electrons. The van der Waals surface area contributed by atoms with E-state index in [-0.39, 0.29) is 4.21 Å². The molecule has 0 aliphatic heterocycles. The standard InChI is InChI=1S/C19H14N2O2S2/c22-25(23,19-10-5-13-24-19)21-18-9-4-2-7-15(18)17-12-11-14-6-1-3-8-16(14)20-17/h1-13,21H. The molecule has 0 saturated heterocycles. The Morgan fingerprint density at radius 2 is 1.64 bits per heavy atom. The third kappa shape index (κ3) is 3.14. The van der Waals surface area contributed by atoms with Gasteiger partial charge in [0.2, 0.25) is 0 Å². The highest BCUT2D eigenvalue weighted by molar-refractivity contribution is 7.94. The molecule has 0 aliphatic carbocycles. The maximum absolute atomic E-state index is 12.5. The Kier molecular flexibility index (Phi) is 3.99. The summed E-state index contributed by atoms with van der Waals surface area (Å²) in [6.07, 6.45) is 0. The molecule has 4 nitrogen and oxygen atoms in total. The van der Waals surface area contributed by atoms with Crippen molar-refractivity contribution >= 4 is 38.0 Å². The first kappa shape index (κ1) is 15.8. The molecule has 0 fully saturated rings. The summed E-state index contributed by atoms with van der Waals surface area (Å²) in [7, 11) is -3.60. The van der Waals surface area contributed by atoms with Crippen LogP contribution in [0.4, 0.5) is 5.69 Å². The Hall–Kier alpha value is -2.70. The molecule has 6 heteroatoms. The van der Waals surface area contributed by atoms with E-state index in [2.05, 4.69) is 9.71 Å². The predicted molar refractivity (Wildman–Crippen MR) is 102 cm³/mol. The molecule has 2 aromatic heterocycles. The van der Waals surface area contributed by atoms with Gasteiger partial charge >= 0.3 is 0 Å². The van der Waals surface area contributed by atoms with Gasteiger partial charge in [0, 0.05) is 10.9 Å². The van der Waals surface area contributed by atoms with Crippen molar-refractivity contribution in [3.63, 3.8) is 0 Å². The Morgan fingerprint density at radius 3 is 2.48 bits per heavy atom. The average molecular weight is 366 g/mol. The summed E-state index contributed by atoms with van der Waals surface area (Å²) in [5, 5.41) is 2.79. The summed E-state index contributed by atoms with van der Waals surface area (Å²) >= 11 is 1.19. The number of pyridine rings is 1. The largest absolute Gasteiger partial charge is 0.278 e. The minimum absolute atomic E-state index is 0.286. The average Bonchev–Trinajstić information content (AvgIpc) is 3.17. The van der Waals surface area contributed by atoms with Crippen LogP contribution in [0.2, 0.25) is 0 Å². The van der Waals surface area contributed by atoms with Crippen LogP contribution >= 0.6 is 11.3 Å². The maximum atomic E-state index is 12.5. The molecule has 25 heavy (non-hydrogen) atoms. The molecule has 1 N–H and O–H groups in total. The molecule has 0 bridgehead atoms. The van der Waals surface area contributed by atoms with Gasteiger partial charge in [-0.1, -0.05) is 48.5 Å². The highest BCUT2D eigenvalue weighted by Gasteiger charge is 2.17. The molecule has 0 saturated carbocycles. The van der Waals surface area contributed by atoms with Crippen molar-refractivity contribution in [2.24, 2.45) is 0 Å². The number of aromatic nitrogens is 1. The minimum atomic E-state index is -3.60. The normalized spacial score (nSPS) is 11.5. The summed E-state index contributed by atoms with van der Waals surface area (Å²) in [5.74, 6) is 0. The highest BCUT2D eigenvalue weighted by Crippen LogP contribution is 2.30. The van der Waals surface area contributed by atoms with Gasteiger partial charge in [0.15, 0.2) is 0 Å². The van der Waals surface area contributed by atoms with Crippen LogP contribution in [0.25, 0.3) is 22.2 Å². The summed E-state index contributed by atoms with van der Waals surface area (Å²) in [6, 6.07) is 22.3. The van der Waals surface area contributed by atoms with Gasteiger partial charge < -0.3 is 0 Å². The van der Waals surface area contributed by atoms with Crippen LogP contribution in [0.1, 0.15) is 0 Å². The number of benzene rings is 2. The number of para-hydroxylation sites is 2. The minimum Gasteiger partial charge on any atom is -0.278 e. The maximum Gasteiger partial charge on any atom is 0.271 e. The third-order valence-electron chi connectivity index (χ3n) is 3.81. The van der Waals surface area contributed by atoms with Gasteiger partial charge in [0.1, 0.15) is 4.21 Å². The van der Waals surface area contributed by atoms with Crippen molar-refractivity contribution in [3.05, 3.63) is 78.2 Å². The van der Waals surface area contributed by atoms with Gasteiger partial charge in [0.25, 0.3) is 10.0 Å². The van der Waals surface area contributed by atoms with Crippen LogP contribution in [0, 0.1) is 0 Å². The van der Waals surface area contributed by atoms with Gasteiger partial charge in [-0.15, -0.1) is 11.3 Å². The zero-order valence-electron chi connectivity index (χ0n) is 13.1. The molecule has 124 valence electrons. The van der Waals surface area contributed by atoms with E-state index in [0.717, 1.165) is 22.2 Å². The number of fused-ring (bicyclic) bond motifs is 1. The van der Waals surface area contributed by atoms with Gasteiger partial charge in [0.05, 0.1) is 16.9 Å². The number of hydrogen-bond donors (Lipinski definition) is 1. The van der Waals surface area contributed by atoms with E-state index >= 15 is 0 Å². The Balaban J connectivity index is 1.78. The second kappa shape index (κ2) is 6.31. The summed E-state index contributed by atoms with van der Waals surface area (Å²) in [4.78, 5) is 4.67. The molecular formula is C19H14N2O2S2. The molecule has 0 unspecified atom stereocenters. The molecule has 2 heterocycles. The first-order valence-corrected chi connectivity index (χ1v) is 10.0. The summed E-state index contributed by atoms with van der Waals surface area (Å²) in [6.45, 7) is 0. The van der Waals surface area contributed by atoms with E-state index < -0.39 is 10.0 Å². The smallest absolute Gasteiger partial charge is 0.271 e. The van der Waals surface area contributed by atoms with Crippen LogP contribution in [-0.4, -0.2) is 13.4 Å². The number of nitrogens with one attached hydrogen (secondary N) is 1. The van der Waals surface area contributed by atoms with Crippen molar-refractivity contribution in [1.29, 1.82) is 0 Å². The van der Waals surface area contributed by atoms with E-state index in [1.165, 1.54) is 11.3 Å².